The molecule has 38 heavy (non-hydrogen) atoms. The molecular formula is C22H19F6O9P. The number of halogens is 6. The first-order valence-electron chi connectivity index (χ1n) is 10.2. The van der Waals surface area contributed by atoms with Crippen LogP contribution in [-0.2, 0) is 24.9 Å². The molecule has 0 atom stereocenters. The maximum Gasteiger partial charge on any atom is 0.378 e. The zero-order valence-electron chi connectivity index (χ0n) is 19.2. The van der Waals surface area contributed by atoms with Crippen LogP contribution in [0.4, 0.5) is 26.3 Å². The first kappa shape index (κ1) is 30.8. The second-order valence-corrected chi connectivity index (χ2v) is 9.37. The molecular weight excluding hydrogens is 553 g/mol. The van der Waals surface area contributed by atoms with E-state index in [2.05, 4.69) is 14.2 Å². The Hall–Kier alpha value is -3.42. The summed E-state index contributed by atoms with van der Waals surface area (Å²) in [5.41, 5.74) is -0.922. The molecule has 0 aliphatic carbocycles. The average molecular weight is 572 g/mol. The van der Waals surface area contributed by atoms with Crippen molar-refractivity contribution >= 4 is 25.5 Å². The van der Waals surface area contributed by atoms with Gasteiger partial charge in [0.05, 0.1) is 30.0 Å². The number of rotatable bonds is 11. The van der Waals surface area contributed by atoms with Crippen molar-refractivity contribution in [2.75, 3.05) is 20.3 Å². The van der Waals surface area contributed by atoms with Crippen LogP contribution in [0.5, 0.6) is 0 Å². The van der Waals surface area contributed by atoms with Crippen molar-refractivity contribution in [3.8, 4) is 0 Å². The molecule has 0 heterocycles. The van der Waals surface area contributed by atoms with Gasteiger partial charge in [-0.05, 0) is 42.0 Å². The molecule has 2 aromatic rings. The molecule has 0 bridgehead atoms. The summed E-state index contributed by atoms with van der Waals surface area (Å²) in [4.78, 5) is 52.9. The predicted octanol–water partition coefficient (Wildman–Crippen LogP) is 4.07. The van der Waals surface area contributed by atoms with Crippen molar-refractivity contribution < 1.29 is 69.3 Å². The molecule has 2 N–H and O–H groups in total. The van der Waals surface area contributed by atoms with Crippen LogP contribution in [0.25, 0.3) is 0 Å². The Morgan fingerprint density at radius 2 is 1.05 bits per heavy atom. The number of carbonyl (C=O) groups excluding carboxylic acids is 3. The largest absolute Gasteiger partial charge is 0.465 e. The van der Waals surface area contributed by atoms with Crippen molar-refractivity contribution in [1.82, 2.24) is 0 Å². The predicted molar refractivity (Wildman–Crippen MR) is 115 cm³/mol. The Bertz CT molecular complexity index is 1210. The van der Waals surface area contributed by atoms with Crippen molar-refractivity contribution in [2.24, 2.45) is 0 Å². The van der Waals surface area contributed by atoms with E-state index < -0.39 is 73.8 Å². The number of carbonyl (C=O) groups is 3. The molecule has 9 nitrogen and oxygen atoms in total. The molecule has 2 rings (SSSR count). The van der Waals surface area contributed by atoms with Gasteiger partial charge in [-0.15, -0.1) is 0 Å². The summed E-state index contributed by atoms with van der Waals surface area (Å²) in [6.07, 6.45) is -0.703. The normalized spacial score (nSPS) is 12.6. The minimum absolute atomic E-state index is 0.0350. The van der Waals surface area contributed by atoms with Gasteiger partial charge >= 0.3 is 43.3 Å². The van der Waals surface area contributed by atoms with E-state index in [1.165, 1.54) is 0 Å². The van der Waals surface area contributed by atoms with Crippen LogP contribution < -0.4 is 0 Å². The van der Waals surface area contributed by atoms with Crippen molar-refractivity contribution in [1.29, 1.82) is 0 Å². The Labute approximate surface area is 210 Å². The van der Waals surface area contributed by atoms with Gasteiger partial charge in [-0.25, -0.2) is 14.4 Å². The average Bonchev–Trinajstić information content (AvgIpc) is 2.84. The van der Waals surface area contributed by atoms with Crippen molar-refractivity contribution in [3.63, 3.8) is 0 Å². The van der Waals surface area contributed by atoms with E-state index in [1.54, 1.807) is 0 Å². The minimum atomic E-state index is -6.14. The summed E-state index contributed by atoms with van der Waals surface area (Å²) in [7, 11) is -3.38. The molecule has 0 radical (unpaired) electrons. The number of methoxy groups -OCH3 is 1. The molecule has 0 saturated carbocycles. The zero-order valence-corrected chi connectivity index (χ0v) is 20.1. The van der Waals surface area contributed by atoms with Gasteiger partial charge in [-0.3, -0.25) is 4.57 Å². The topological polar surface area (TPSA) is 136 Å². The van der Waals surface area contributed by atoms with Gasteiger partial charge < -0.3 is 24.0 Å². The van der Waals surface area contributed by atoms with E-state index in [-0.39, 0.29) is 11.1 Å². The second-order valence-electron chi connectivity index (χ2n) is 7.72. The van der Waals surface area contributed by atoms with Crippen LogP contribution in [0.3, 0.4) is 0 Å². The molecule has 0 aliphatic heterocycles. The highest BCUT2D eigenvalue weighted by Crippen LogP contribution is 2.46. The SMILES string of the molecule is COC(=O)c1ccc(C(=O)OCC(F)(F)C(F)(F)C(F)(F)COC(=O)c2ccc(CP(=O)(O)O)cc2)cc1. The van der Waals surface area contributed by atoms with Gasteiger partial charge in [0.2, 0.25) is 0 Å². The molecule has 0 saturated heterocycles. The molecule has 0 amide bonds. The molecule has 0 spiro atoms. The summed E-state index contributed by atoms with van der Waals surface area (Å²) < 4.78 is 108. The van der Waals surface area contributed by atoms with E-state index in [0.717, 1.165) is 55.6 Å². The summed E-state index contributed by atoms with van der Waals surface area (Å²) >= 11 is 0. The van der Waals surface area contributed by atoms with E-state index in [1.807, 2.05) is 0 Å². The molecule has 0 aliphatic rings. The molecule has 208 valence electrons. The fraction of sp³-hybridized carbons (Fsp3) is 0.318. The highest BCUT2D eigenvalue weighted by Gasteiger charge is 2.72. The lowest BCUT2D eigenvalue weighted by molar-refractivity contribution is -0.322. The van der Waals surface area contributed by atoms with Crippen LogP contribution in [0, 0.1) is 0 Å². The monoisotopic (exact) mass is 572 g/mol. The van der Waals surface area contributed by atoms with Gasteiger partial charge in [0.1, 0.15) is 0 Å². The first-order chi connectivity index (χ1) is 17.4. The van der Waals surface area contributed by atoms with Crippen LogP contribution in [-0.4, -0.2) is 65.8 Å². The van der Waals surface area contributed by atoms with Gasteiger partial charge in [0.25, 0.3) is 0 Å². The maximum atomic E-state index is 14.1. The smallest absolute Gasteiger partial charge is 0.378 e. The van der Waals surface area contributed by atoms with E-state index in [9.17, 15) is 45.3 Å². The van der Waals surface area contributed by atoms with Crippen molar-refractivity contribution in [3.05, 3.63) is 70.8 Å². The van der Waals surface area contributed by atoms with Gasteiger partial charge in [-0.1, -0.05) is 12.1 Å². The third-order valence-corrected chi connectivity index (χ3v) is 5.58. The maximum absolute atomic E-state index is 14.1. The third kappa shape index (κ3) is 7.55. The standard InChI is InChI=1S/C22H19F6O9P/c1-35-17(29)14-6-8-16(9-7-14)19(31)37-12-21(25,26)22(27,28)20(23,24)11-36-18(30)15-4-2-13(3-5-15)10-38(32,33)34/h2-9H,10-12H2,1H3,(H2,32,33,34). The highest BCUT2D eigenvalue weighted by molar-refractivity contribution is 7.50. The summed E-state index contributed by atoms with van der Waals surface area (Å²) in [5.74, 6) is -21.3. The molecule has 0 fully saturated rings. The second kappa shape index (κ2) is 11.5. The van der Waals surface area contributed by atoms with E-state index >= 15 is 0 Å². The number of alkyl halides is 6. The fourth-order valence-corrected chi connectivity index (χ4v) is 3.46. The molecule has 16 heteroatoms. The number of benzene rings is 2. The lowest BCUT2D eigenvalue weighted by Crippen LogP contribution is -2.58. The van der Waals surface area contributed by atoms with Crippen LogP contribution in [0.15, 0.2) is 48.5 Å². The zero-order chi connectivity index (χ0) is 28.9. The number of hydrogen-bond donors (Lipinski definition) is 2. The van der Waals surface area contributed by atoms with Crippen molar-refractivity contribution in [2.45, 2.75) is 23.9 Å². The van der Waals surface area contributed by atoms with E-state index in [0.29, 0.717) is 0 Å². The Morgan fingerprint density at radius 3 is 1.39 bits per heavy atom. The molecule has 0 aromatic heterocycles. The van der Waals surface area contributed by atoms with E-state index in [4.69, 9.17) is 9.79 Å². The Morgan fingerprint density at radius 1 is 0.711 bits per heavy atom. The van der Waals surface area contributed by atoms with Crippen LogP contribution >= 0.6 is 7.60 Å². The van der Waals surface area contributed by atoms with Gasteiger partial charge in [0, 0.05) is 0 Å². The lowest BCUT2D eigenvalue weighted by atomic mass is 10.1. The number of ether oxygens (including phenoxy) is 3. The van der Waals surface area contributed by atoms with Crippen LogP contribution in [0.1, 0.15) is 36.6 Å². The fourth-order valence-electron chi connectivity index (χ4n) is 2.77. The highest BCUT2D eigenvalue weighted by atomic mass is 31.2. The van der Waals surface area contributed by atoms with Gasteiger partial charge in [-0.2, -0.15) is 26.3 Å². The molecule has 2 aromatic carbocycles. The number of hydrogen-bond acceptors (Lipinski definition) is 7. The molecule has 0 unspecified atom stereocenters. The van der Waals surface area contributed by atoms with Crippen LogP contribution in [0.2, 0.25) is 0 Å². The quantitative estimate of drug-likeness (QED) is 0.177. The lowest BCUT2D eigenvalue weighted by Gasteiger charge is -2.32. The third-order valence-electron chi connectivity index (χ3n) is 4.81. The Balaban J connectivity index is 2.02. The summed E-state index contributed by atoms with van der Waals surface area (Å²) in [6.45, 7) is -4.93. The minimum Gasteiger partial charge on any atom is -0.465 e. The summed E-state index contributed by atoms with van der Waals surface area (Å²) in [6, 6.07) is 7.81. The summed E-state index contributed by atoms with van der Waals surface area (Å²) in [5, 5.41) is 0. The Kier molecular flexibility index (Phi) is 9.35. The first-order valence-corrected chi connectivity index (χ1v) is 12.0. The van der Waals surface area contributed by atoms with Gasteiger partial charge in [0.15, 0.2) is 13.2 Å². The number of esters is 3.